The number of alkyl halides is 2. The molecule has 1 atom stereocenters. The van der Waals surface area contributed by atoms with Gasteiger partial charge >= 0.3 is 5.97 Å². The van der Waals surface area contributed by atoms with Crippen molar-refractivity contribution in [3.63, 3.8) is 0 Å². The van der Waals surface area contributed by atoms with E-state index in [1.807, 2.05) is 36.4 Å². The average Bonchev–Trinajstić information content (AvgIpc) is 2.84. The van der Waals surface area contributed by atoms with E-state index in [0.717, 1.165) is 12.0 Å². The Balaban J connectivity index is 1.77. The van der Waals surface area contributed by atoms with Crippen LogP contribution in [0.25, 0.3) is 0 Å². The van der Waals surface area contributed by atoms with Gasteiger partial charge in [-0.1, -0.05) is 36.4 Å². The number of aryl methyl sites for hydroxylation is 1. The minimum absolute atomic E-state index is 0.277. The molecule has 0 amide bonds. The van der Waals surface area contributed by atoms with E-state index in [1.54, 1.807) is 0 Å². The molecule has 2 aromatic rings. The molecule has 1 saturated heterocycles. The topological polar surface area (TPSA) is 40.5 Å². The van der Waals surface area contributed by atoms with Gasteiger partial charge in [0.2, 0.25) is 0 Å². The van der Waals surface area contributed by atoms with Gasteiger partial charge in [-0.05, 0) is 42.2 Å². The molecule has 25 heavy (non-hydrogen) atoms. The molecule has 1 aliphatic rings. The van der Waals surface area contributed by atoms with E-state index in [0.29, 0.717) is 5.69 Å². The summed E-state index contributed by atoms with van der Waals surface area (Å²) in [6.45, 7) is 1.63. The van der Waals surface area contributed by atoms with Gasteiger partial charge in [-0.25, -0.2) is 8.78 Å². The zero-order valence-corrected chi connectivity index (χ0v) is 14.1. The smallest absolute Gasteiger partial charge is 0.305 e. The zero-order chi connectivity index (χ0) is 18.0. The first kappa shape index (κ1) is 17.4. The molecule has 3 rings (SSSR count). The number of anilines is 1. The van der Waals surface area contributed by atoms with Gasteiger partial charge in [0.25, 0.3) is 5.92 Å². The highest BCUT2D eigenvalue weighted by atomic mass is 19.3. The summed E-state index contributed by atoms with van der Waals surface area (Å²) < 4.78 is 27.5. The van der Waals surface area contributed by atoms with Crippen molar-refractivity contribution < 1.29 is 18.7 Å². The molecule has 0 aliphatic carbocycles. The first-order valence-corrected chi connectivity index (χ1v) is 8.34. The Kier molecular flexibility index (Phi) is 4.75. The van der Waals surface area contributed by atoms with Crippen LogP contribution in [0.1, 0.15) is 29.5 Å². The molecular weight excluding hydrogens is 324 g/mol. The van der Waals surface area contributed by atoms with Crippen LogP contribution < -0.4 is 4.90 Å². The second-order valence-corrected chi connectivity index (χ2v) is 6.71. The Labute approximate surface area is 145 Å². The van der Waals surface area contributed by atoms with Crippen molar-refractivity contribution in [3.8, 4) is 0 Å². The first-order chi connectivity index (χ1) is 11.8. The number of halogens is 2. The third-order valence-corrected chi connectivity index (χ3v) is 4.71. The fraction of sp³-hybridized carbons (Fsp3) is 0.350. The Morgan fingerprint density at radius 2 is 1.88 bits per heavy atom. The molecule has 1 aliphatic heterocycles. The van der Waals surface area contributed by atoms with Crippen LogP contribution in [0.4, 0.5) is 14.5 Å². The molecule has 0 aromatic heterocycles. The van der Waals surface area contributed by atoms with Gasteiger partial charge in [0, 0.05) is 18.2 Å². The normalized spacial score (nSPS) is 19.2. The van der Waals surface area contributed by atoms with Gasteiger partial charge in [-0.3, -0.25) is 4.79 Å². The molecule has 0 unspecified atom stereocenters. The number of aliphatic carboxylic acids is 1. The van der Waals surface area contributed by atoms with Gasteiger partial charge in [0.15, 0.2) is 0 Å². The lowest BCUT2D eigenvalue weighted by molar-refractivity contribution is -0.137. The largest absolute Gasteiger partial charge is 0.481 e. The van der Waals surface area contributed by atoms with Gasteiger partial charge in [-0.2, -0.15) is 0 Å². The maximum absolute atomic E-state index is 13.8. The molecule has 0 saturated carbocycles. The summed E-state index contributed by atoms with van der Waals surface area (Å²) in [6.07, 6.45) is 0.0898. The number of nitrogens with zero attached hydrogens (tertiary/aromatic N) is 1. The van der Waals surface area contributed by atoms with E-state index < -0.39 is 30.9 Å². The Morgan fingerprint density at radius 3 is 2.52 bits per heavy atom. The standard InChI is InChI=1S/C20H21F2NO2/c1-14-4-2-3-5-16(14)10-15-6-8-17(9-7-15)23-13-20(21,22)12-18(23)11-19(24)25/h2-9,18H,10-13H2,1H3,(H,24,25)/t18-/m1/s1. The van der Waals surface area contributed by atoms with Gasteiger partial charge < -0.3 is 10.0 Å². The molecule has 5 heteroatoms. The summed E-state index contributed by atoms with van der Waals surface area (Å²) in [6, 6.07) is 14.9. The van der Waals surface area contributed by atoms with Crippen molar-refractivity contribution in [2.24, 2.45) is 0 Å². The molecule has 2 aromatic carbocycles. The van der Waals surface area contributed by atoms with E-state index in [-0.39, 0.29) is 6.42 Å². The van der Waals surface area contributed by atoms with Crippen molar-refractivity contribution in [1.82, 2.24) is 0 Å². The highest BCUT2D eigenvalue weighted by Gasteiger charge is 2.45. The predicted octanol–water partition coefficient (Wildman–Crippen LogP) is 4.27. The fourth-order valence-corrected chi connectivity index (χ4v) is 3.42. The third-order valence-electron chi connectivity index (χ3n) is 4.71. The molecule has 0 bridgehead atoms. The van der Waals surface area contributed by atoms with Crippen LogP contribution in [-0.4, -0.2) is 29.6 Å². The third kappa shape index (κ3) is 4.16. The second kappa shape index (κ2) is 6.82. The molecule has 1 N–H and O–H groups in total. The van der Waals surface area contributed by atoms with E-state index in [2.05, 4.69) is 19.1 Å². The summed E-state index contributed by atoms with van der Waals surface area (Å²) in [5.41, 5.74) is 4.19. The molecule has 1 heterocycles. The maximum Gasteiger partial charge on any atom is 0.305 e. The Morgan fingerprint density at radius 1 is 1.20 bits per heavy atom. The number of carboxylic acids is 1. The van der Waals surface area contributed by atoms with Crippen LogP contribution in [0, 0.1) is 6.92 Å². The summed E-state index contributed by atoms with van der Waals surface area (Å²) in [4.78, 5) is 12.5. The van der Waals surface area contributed by atoms with Crippen molar-refractivity contribution in [1.29, 1.82) is 0 Å². The van der Waals surface area contributed by atoms with Crippen LogP contribution in [0.15, 0.2) is 48.5 Å². The zero-order valence-electron chi connectivity index (χ0n) is 14.1. The van der Waals surface area contributed by atoms with Crippen LogP contribution in [-0.2, 0) is 11.2 Å². The number of hydrogen-bond donors (Lipinski definition) is 1. The van der Waals surface area contributed by atoms with E-state index in [1.165, 1.54) is 16.0 Å². The van der Waals surface area contributed by atoms with Gasteiger partial charge in [0.05, 0.1) is 13.0 Å². The highest BCUT2D eigenvalue weighted by Crippen LogP contribution is 2.37. The lowest BCUT2D eigenvalue weighted by atomic mass is 10.0. The number of benzene rings is 2. The average molecular weight is 345 g/mol. The predicted molar refractivity (Wildman–Crippen MR) is 93.4 cm³/mol. The van der Waals surface area contributed by atoms with Crippen LogP contribution in [0.2, 0.25) is 0 Å². The van der Waals surface area contributed by atoms with E-state index in [4.69, 9.17) is 5.11 Å². The van der Waals surface area contributed by atoms with Crippen LogP contribution in [0.5, 0.6) is 0 Å². The van der Waals surface area contributed by atoms with E-state index in [9.17, 15) is 13.6 Å². The molecule has 1 fully saturated rings. The van der Waals surface area contributed by atoms with Gasteiger partial charge in [0.1, 0.15) is 0 Å². The minimum atomic E-state index is -2.85. The van der Waals surface area contributed by atoms with Crippen LogP contribution in [0.3, 0.4) is 0 Å². The quantitative estimate of drug-likeness (QED) is 0.879. The van der Waals surface area contributed by atoms with Crippen molar-refractivity contribution in [2.75, 3.05) is 11.4 Å². The summed E-state index contributed by atoms with van der Waals surface area (Å²) in [7, 11) is 0. The number of carboxylic acid groups (broad SMARTS) is 1. The summed E-state index contributed by atoms with van der Waals surface area (Å²) in [5.74, 6) is -3.90. The van der Waals surface area contributed by atoms with Crippen LogP contribution >= 0.6 is 0 Å². The highest BCUT2D eigenvalue weighted by molar-refractivity contribution is 5.69. The number of hydrogen-bond acceptors (Lipinski definition) is 2. The maximum atomic E-state index is 13.8. The lowest BCUT2D eigenvalue weighted by Crippen LogP contribution is -2.31. The molecule has 3 nitrogen and oxygen atoms in total. The first-order valence-electron chi connectivity index (χ1n) is 8.34. The van der Waals surface area contributed by atoms with Gasteiger partial charge in [-0.15, -0.1) is 0 Å². The SMILES string of the molecule is Cc1ccccc1Cc1ccc(N2CC(F)(F)C[C@H]2CC(=O)O)cc1. The number of rotatable bonds is 5. The monoisotopic (exact) mass is 345 g/mol. The molecular formula is C20H21F2NO2. The second-order valence-electron chi connectivity index (χ2n) is 6.71. The summed E-state index contributed by atoms with van der Waals surface area (Å²) in [5, 5.41) is 8.97. The molecule has 0 spiro atoms. The Hall–Kier alpha value is -2.43. The van der Waals surface area contributed by atoms with Crippen molar-refractivity contribution >= 4 is 11.7 Å². The fourth-order valence-electron chi connectivity index (χ4n) is 3.42. The lowest BCUT2D eigenvalue weighted by Gasteiger charge is -2.25. The Bertz CT molecular complexity index is 759. The molecule has 0 radical (unpaired) electrons. The molecule has 132 valence electrons. The van der Waals surface area contributed by atoms with E-state index >= 15 is 0 Å². The van der Waals surface area contributed by atoms with Crippen molar-refractivity contribution in [3.05, 3.63) is 65.2 Å². The minimum Gasteiger partial charge on any atom is -0.481 e. The number of carbonyl (C=O) groups is 1. The van der Waals surface area contributed by atoms with Crippen molar-refractivity contribution in [2.45, 2.75) is 38.2 Å². The summed E-state index contributed by atoms with van der Waals surface area (Å²) >= 11 is 0.